The number of nitrogens with zero attached hydrogens (tertiary/aromatic N) is 1. The van der Waals surface area contributed by atoms with Gasteiger partial charge in [-0.3, -0.25) is 4.90 Å². The molecule has 0 saturated carbocycles. The molecule has 0 aromatic carbocycles. The van der Waals surface area contributed by atoms with Crippen molar-refractivity contribution in [3.8, 4) is 0 Å². The second-order valence-electron chi connectivity index (χ2n) is 4.70. The summed E-state index contributed by atoms with van der Waals surface area (Å²) < 4.78 is 5.43. The van der Waals surface area contributed by atoms with Crippen molar-refractivity contribution in [2.45, 2.75) is 44.8 Å². The molecule has 4 nitrogen and oxygen atoms in total. The fraction of sp³-hybridized carbons (Fsp3) is 0.909. The molecule has 2 rings (SSSR count). The molecule has 2 atom stereocenters. The summed E-state index contributed by atoms with van der Waals surface area (Å²) in [6.07, 6.45) is 3.38. The van der Waals surface area contributed by atoms with Crippen LogP contribution in [0, 0.1) is 0 Å². The summed E-state index contributed by atoms with van der Waals surface area (Å²) >= 11 is 0. The molecule has 2 aliphatic heterocycles. The maximum atomic E-state index is 11.1. The van der Waals surface area contributed by atoms with Crippen LogP contribution < -0.4 is 5.32 Å². The molecule has 15 heavy (non-hydrogen) atoms. The monoisotopic (exact) mass is 212 g/mol. The number of likely N-dealkylation sites (tertiary alicyclic amines) is 1. The van der Waals surface area contributed by atoms with Gasteiger partial charge in [-0.2, -0.15) is 0 Å². The van der Waals surface area contributed by atoms with E-state index in [0.717, 1.165) is 19.5 Å². The van der Waals surface area contributed by atoms with E-state index in [9.17, 15) is 4.79 Å². The molecular formula is C11H20N2O2. The topological polar surface area (TPSA) is 41.6 Å². The van der Waals surface area contributed by atoms with Crippen LogP contribution in [-0.2, 0) is 4.74 Å². The van der Waals surface area contributed by atoms with Crippen LogP contribution in [0.1, 0.15) is 33.1 Å². The van der Waals surface area contributed by atoms with Crippen LogP contribution >= 0.6 is 0 Å². The largest absolute Gasteiger partial charge is 0.440 e. The van der Waals surface area contributed by atoms with E-state index < -0.39 is 0 Å². The van der Waals surface area contributed by atoms with Crippen molar-refractivity contribution in [3.63, 3.8) is 0 Å². The summed E-state index contributed by atoms with van der Waals surface area (Å²) in [5.41, 5.74) is -0.326. The van der Waals surface area contributed by atoms with Crippen LogP contribution in [0.3, 0.4) is 0 Å². The molecule has 2 heterocycles. The van der Waals surface area contributed by atoms with E-state index in [-0.39, 0.29) is 11.7 Å². The molecule has 2 aliphatic rings. The Labute approximate surface area is 91.0 Å². The number of likely N-dealkylation sites (N-methyl/N-ethyl adjacent to an activating group) is 1. The molecule has 0 aliphatic carbocycles. The summed E-state index contributed by atoms with van der Waals surface area (Å²) in [4.78, 5) is 13.6. The maximum Gasteiger partial charge on any atom is 0.407 e. The van der Waals surface area contributed by atoms with Gasteiger partial charge in [-0.15, -0.1) is 0 Å². The third-order valence-electron chi connectivity index (χ3n) is 3.63. The van der Waals surface area contributed by atoms with Gasteiger partial charge in [0.2, 0.25) is 0 Å². The number of amides is 1. The molecule has 2 unspecified atom stereocenters. The van der Waals surface area contributed by atoms with Gasteiger partial charge < -0.3 is 10.1 Å². The molecule has 0 aromatic heterocycles. The fourth-order valence-electron chi connectivity index (χ4n) is 2.78. The highest BCUT2D eigenvalue weighted by atomic mass is 16.6. The lowest BCUT2D eigenvalue weighted by atomic mass is 9.88. The third kappa shape index (κ3) is 1.95. The minimum Gasteiger partial charge on any atom is -0.440 e. The van der Waals surface area contributed by atoms with Crippen LogP contribution in [0.5, 0.6) is 0 Å². The average molecular weight is 212 g/mol. The Balaban J connectivity index is 2.09. The number of cyclic esters (lactones) is 1. The van der Waals surface area contributed by atoms with Gasteiger partial charge >= 0.3 is 6.09 Å². The summed E-state index contributed by atoms with van der Waals surface area (Å²) in [7, 11) is 0. The van der Waals surface area contributed by atoms with Gasteiger partial charge in [-0.25, -0.2) is 4.79 Å². The second kappa shape index (κ2) is 4.00. The number of alkyl carbamates (subject to hydrolysis) is 1. The number of hydrogen-bond acceptors (Lipinski definition) is 3. The highest BCUT2D eigenvalue weighted by molar-refractivity contribution is 5.70. The van der Waals surface area contributed by atoms with E-state index in [1.54, 1.807) is 0 Å². The molecule has 0 aromatic rings. The van der Waals surface area contributed by atoms with Gasteiger partial charge in [0.25, 0.3) is 0 Å². The molecular weight excluding hydrogens is 192 g/mol. The fourth-order valence-corrected chi connectivity index (χ4v) is 2.78. The first-order valence-corrected chi connectivity index (χ1v) is 5.86. The van der Waals surface area contributed by atoms with Crippen molar-refractivity contribution < 1.29 is 9.53 Å². The Kier molecular flexibility index (Phi) is 2.87. The van der Waals surface area contributed by atoms with Crippen molar-refractivity contribution in [2.24, 2.45) is 0 Å². The van der Waals surface area contributed by atoms with Crippen LogP contribution in [0.15, 0.2) is 0 Å². The number of hydrogen-bond donors (Lipinski definition) is 1. The van der Waals surface area contributed by atoms with E-state index in [2.05, 4.69) is 17.1 Å². The molecule has 2 fully saturated rings. The van der Waals surface area contributed by atoms with Crippen LogP contribution in [0.2, 0.25) is 0 Å². The number of rotatable bonds is 2. The second-order valence-corrected chi connectivity index (χ2v) is 4.70. The Hall–Kier alpha value is -0.770. The highest BCUT2D eigenvalue weighted by Crippen LogP contribution is 2.30. The van der Waals surface area contributed by atoms with Crippen molar-refractivity contribution in [2.75, 3.05) is 19.6 Å². The van der Waals surface area contributed by atoms with Gasteiger partial charge in [0.15, 0.2) is 0 Å². The number of carbonyl (C=O) groups is 1. The smallest absolute Gasteiger partial charge is 0.407 e. The normalized spacial score (nSPS) is 37.5. The van der Waals surface area contributed by atoms with E-state index in [1.165, 1.54) is 12.8 Å². The molecule has 0 spiro atoms. The zero-order chi connectivity index (χ0) is 10.9. The van der Waals surface area contributed by atoms with E-state index in [4.69, 9.17) is 4.74 Å². The van der Waals surface area contributed by atoms with Gasteiger partial charge in [0.05, 0.1) is 12.6 Å². The Bertz CT molecular complexity index is 257. The van der Waals surface area contributed by atoms with Gasteiger partial charge in [0, 0.05) is 0 Å². The Morgan fingerprint density at radius 1 is 1.60 bits per heavy atom. The first kappa shape index (κ1) is 10.7. The number of ether oxygens (including phenoxy) is 1. The third-order valence-corrected chi connectivity index (χ3v) is 3.63. The molecule has 4 heteroatoms. The van der Waals surface area contributed by atoms with Crippen molar-refractivity contribution in [1.82, 2.24) is 10.2 Å². The van der Waals surface area contributed by atoms with Crippen molar-refractivity contribution in [3.05, 3.63) is 0 Å². The molecule has 0 bridgehead atoms. The number of carbonyl (C=O) groups excluding carboxylic acids is 1. The van der Waals surface area contributed by atoms with Crippen molar-refractivity contribution >= 4 is 6.09 Å². The number of nitrogens with one attached hydrogen (secondary N) is 1. The lowest BCUT2D eigenvalue weighted by Crippen LogP contribution is -2.55. The molecule has 1 amide bonds. The number of piperidine rings is 1. The molecule has 0 radical (unpaired) electrons. The summed E-state index contributed by atoms with van der Waals surface area (Å²) in [5.74, 6) is 0. The lowest BCUT2D eigenvalue weighted by Gasteiger charge is -2.42. The maximum absolute atomic E-state index is 11.1. The van der Waals surface area contributed by atoms with E-state index in [1.807, 2.05) is 6.92 Å². The minimum absolute atomic E-state index is 0.265. The molecule has 2 saturated heterocycles. The predicted octanol–water partition coefficient (Wildman–Crippen LogP) is 1.36. The van der Waals surface area contributed by atoms with Gasteiger partial charge in [-0.05, 0) is 32.9 Å². The Morgan fingerprint density at radius 2 is 2.40 bits per heavy atom. The summed E-state index contributed by atoms with van der Waals surface area (Å²) in [6.45, 7) is 7.04. The zero-order valence-electron chi connectivity index (χ0n) is 9.58. The first-order chi connectivity index (χ1) is 7.15. The van der Waals surface area contributed by atoms with Crippen LogP contribution in [-0.4, -0.2) is 42.3 Å². The van der Waals surface area contributed by atoms with Gasteiger partial charge in [0.1, 0.15) is 5.60 Å². The minimum atomic E-state index is -0.326. The standard InChI is InChI=1S/C11H20N2O2/c1-3-13-7-5-4-6-9(13)11(2)8-12-10(14)15-11/h9H,3-8H2,1-2H3,(H,12,14). The van der Waals surface area contributed by atoms with E-state index in [0.29, 0.717) is 12.6 Å². The first-order valence-electron chi connectivity index (χ1n) is 5.86. The molecule has 86 valence electrons. The lowest BCUT2D eigenvalue weighted by molar-refractivity contribution is -0.0268. The SMILES string of the molecule is CCN1CCCCC1C1(C)CNC(=O)O1. The van der Waals surface area contributed by atoms with Gasteiger partial charge in [-0.1, -0.05) is 13.3 Å². The predicted molar refractivity (Wildman–Crippen MR) is 57.8 cm³/mol. The Morgan fingerprint density at radius 3 is 3.00 bits per heavy atom. The average Bonchev–Trinajstić information content (AvgIpc) is 2.60. The van der Waals surface area contributed by atoms with Crippen molar-refractivity contribution in [1.29, 1.82) is 0 Å². The zero-order valence-corrected chi connectivity index (χ0v) is 9.58. The summed E-state index contributed by atoms with van der Waals surface area (Å²) in [5, 5.41) is 2.76. The van der Waals surface area contributed by atoms with Crippen LogP contribution in [0.4, 0.5) is 4.79 Å². The highest BCUT2D eigenvalue weighted by Gasteiger charge is 2.45. The quantitative estimate of drug-likeness (QED) is 0.751. The summed E-state index contributed by atoms with van der Waals surface area (Å²) in [6, 6.07) is 0.384. The molecule has 1 N–H and O–H groups in total. The van der Waals surface area contributed by atoms with E-state index >= 15 is 0 Å². The van der Waals surface area contributed by atoms with Crippen LogP contribution in [0.25, 0.3) is 0 Å².